The molecule has 2 nitrogen and oxygen atoms in total. The smallest absolute Gasteiger partial charge is 0.222 e. The molecule has 0 aliphatic carbocycles. The van der Waals surface area contributed by atoms with Crippen LogP contribution in [0.1, 0.15) is 16.7 Å². The van der Waals surface area contributed by atoms with Crippen molar-refractivity contribution >= 4 is 10.8 Å². The summed E-state index contributed by atoms with van der Waals surface area (Å²) in [5.74, 6) is -0.807. The van der Waals surface area contributed by atoms with Gasteiger partial charge in [0.15, 0.2) is 0 Å². The predicted molar refractivity (Wildman–Crippen MR) is 87.8 cm³/mol. The van der Waals surface area contributed by atoms with Crippen LogP contribution in [0.2, 0.25) is 0 Å². The van der Waals surface area contributed by atoms with Gasteiger partial charge in [0.1, 0.15) is 0 Å². The highest BCUT2D eigenvalue weighted by Gasteiger charge is 2.40. The largest absolute Gasteiger partial charge is 0.346 e. The summed E-state index contributed by atoms with van der Waals surface area (Å²) < 4.78 is 12.1. The molecule has 1 atom stereocenters. The molecule has 1 heterocycles. The van der Waals surface area contributed by atoms with E-state index in [4.69, 9.17) is 9.47 Å². The van der Waals surface area contributed by atoms with E-state index in [0.29, 0.717) is 6.61 Å². The SMILES string of the molecule is COC1(c2ccccc2)OCCc2c1ccc1ccccc21. The Balaban J connectivity index is 2.01. The lowest BCUT2D eigenvalue weighted by atomic mass is 9.86. The maximum atomic E-state index is 6.15. The van der Waals surface area contributed by atoms with Crippen LogP contribution < -0.4 is 0 Å². The van der Waals surface area contributed by atoms with Gasteiger partial charge in [0.25, 0.3) is 0 Å². The standard InChI is InChI=1S/C20H18O2/c1-21-20(16-8-3-2-4-9-16)19-12-11-15-7-5-6-10-17(15)18(19)13-14-22-20/h2-12H,13-14H2,1H3. The minimum Gasteiger partial charge on any atom is -0.346 e. The van der Waals surface area contributed by atoms with E-state index < -0.39 is 5.79 Å². The molecule has 1 aliphatic rings. The Hall–Kier alpha value is -2.16. The van der Waals surface area contributed by atoms with Gasteiger partial charge in [-0.25, -0.2) is 0 Å². The van der Waals surface area contributed by atoms with Crippen LogP contribution in [-0.4, -0.2) is 13.7 Å². The molecule has 2 heteroatoms. The number of fused-ring (bicyclic) bond motifs is 3. The second-order valence-corrected chi connectivity index (χ2v) is 5.60. The number of ether oxygens (including phenoxy) is 2. The van der Waals surface area contributed by atoms with Crippen molar-refractivity contribution in [2.24, 2.45) is 0 Å². The van der Waals surface area contributed by atoms with Crippen LogP contribution in [0.5, 0.6) is 0 Å². The monoisotopic (exact) mass is 290 g/mol. The lowest BCUT2D eigenvalue weighted by Crippen LogP contribution is -2.38. The lowest BCUT2D eigenvalue weighted by molar-refractivity contribution is -0.208. The Bertz CT molecular complexity index is 810. The van der Waals surface area contributed by atoms with Crippen molar-refractivity contribution in [2.45, 2.75) is 12.2 Å². The van der Waals surface area contributed by atoms with E-state index in [9.17, 15) is 0 Å². The molecular formula is C20H18O2. The Morgan fingerprint density at radius 3 is 2.50 bits per heavy atom. The molecular weight excluding hydrogens is 272 g/mol. The molecule has 0 fully saturated rings. The predicted octanol–water partition coefficient (Wildman–Crippen LogP) is 4.26. The van der Waals surface area contributed by atoms with Crippen LogP contribution in [-0.2, 0) is 21.7 Å². The van der Waals surface area contributed by atoms with E-state index in [1.807, 2.05) is 18.2 Å². The van der Waals surface area contributed by atoms with Crippen LogP contribution in [0.3, 0.4) is 0 Å². The van der Waals surface area contributed by atoms with Crippen molar-refractivity contribution in [1.82, 2.24) is 0 Å². The van der Waals surface area contributed by atoms with Gasteiger partial charge in [0, 0.05) is 18.2 Å². The minimum atomic E-state index is -0.807. The van der Waals surface area contributed by atoms with E-state index in [-0.39, 0.29) is 0 Å². The fourth-order valence-electron chi connectivity index (χ4n) is 3.47. The highest BCUT2D eigenvalue weighted by molar-refractivity contribution is 5.87. The molecule has 22 heavy (non-hydrogen) atoms. The van der Waals surface area contributed by atoms with E-state index in [1.54, 1.807) is 7.11 Å². The Morgan fingerprint density at radius 1 is 0.909 bits per heavy atom. The summed E-state index contributed by atoms with van der Waals surface area (Å²) >= 11 is 0. The van der Waals surface area contributed by atoms with Crippen molar-refractivity contribution in [3.05, 3.63) is 83.4 Å². The van der Waals surface area contributed by atoms with Crippen LogP contribution >= 0.6 is 0 Å². The quantitative estimate of drug-likeness (QED) is 0.702. The first-order valence-corrected chi connectivity index (χ1v) is 7.61. The molecule has 0 spiro atoms. The zero-order valence-corrected chi connectivity index (χ0v) is 12.6. The highest BCUT2D eigenvalue weighted by atomic mass is 16.7. The maximum Gasteiger partial charge on any atom is 0.222 e. The maximum absolute atomic E-state index is 6.15. The molecule has 110 valence electrons. The molecule has 0 radical (unpaired) electrons. The second-order valence-electron chi connectivity index (χ2n) is 5.60. The third kappa shape index (κ3) is 1.88. The normalized spacial score (nSPS) is 20.8. The number of methoxy groups -OCH3 is 1. The summed E-state index contributed by atoms with van der Waals surface area (Å²) in [6, 6.07) is 23.0. The van der Waals surface area contributed by atoms with Gasteiger partial charge in [-0.1, -0.05) is 66.7 Å². The van der Waals surface area contributed by atoms with Crippen LogP contribution in [0.25, 0.3) is 10.8 Å². The van der Waals surface area contributed by atoms with Gasteiger partial charge in [0.2, 0.25) is 5.79 Å². The van der Waals surface area contributed by atoms with Gasteiger partial charge in [-0.15, -0.1) is 0 Å². The van der Waals surface area contributed by atoms with Crippen molar-refractivity contribution in [1.29, 1.82) is 0 Å². The minimum absolute atomic E-state index is 0.656. The summed E-state index contributed by atoms with van der Waals surface area (Å²) in [6.45, 7) is 0.656. The summed E-state index contributed by atoms with van der Waals surface area (Å²) in [6.07, 6.45) is 0.911. The average molecular weight is 290 g/mol. The highest BCUT2D eigenvalue weighted by Crippen LogP contribution is 2.41. The summed E-state index contributed by atoms with van der Waals surface area (Å²) in [5.41, 5.74) is 3.48. The van der Waals surface area contributed by atoms with Gasteiger partial charge in [0.05, 0.1) is 6.61 Å². The van der Waals surface area contributed by atoms with Gasteiger partial charge in [-0.2, -0.15) is 0 Å². The number of rotatable bonds is 2. The lowest BCUT2D eigenvalue weighted by Gasteiger charge is -2.38. The van der Waals surface area contributed by atoms with Crippen molar-refractivity contribution in [3.63, 3.8) is 0 Å². The van der Waals surface area contributed by atoms with E-state index in [2.05, 4.69) is 48.5 Å². The topological polar surface area (TPSA) is 18.5 Å². The van der Waals surface area contributed by atoms with Crippen LogP contribution in [0.4, 0.5) is 0 Å². The fourth-order valence-corrected chi connectivity index (χ4v) is 3.47. The second kappa shape index (κ2) is 5.24. The molecule has 1 unspecified atom stereocenters. The molecule has 0 bridgehead atoms. The zero-order chi connectivity index (χ0) is 15.0. The molecule has 4 rings (SSSR count). The Kier molecular flexibility index (Phi) is 3.21. The van der Waals surface area contributed by atoms with Gasteiger partial charge in [-0.3, -0.25) is 0 Å². The first kappa shape index (κ1) is 13.5. The fraction of sp³-hybridized carbons (Fsp3) is 0.200. The third-order valence-corrected chi connectivity index (χ3v) is 4.49. The van der Waals surface area contributed by atoms with E-state index in [0.717, 1.165) is 17.5 Å². The number of hydrogen-bond acceptors (Lipinski definition) is 2. The number of benzene rings is 3. The van der Waals surface area contributed by atoms with Gasteiger partial charge >= 0.3 is 0 Å². The van der Waals surface area contributed by atoms with Crippen molar-refractivity contribution in [3.8, 4) is 0 Å². The first-order chi connectivity index (χ1) is 10.8. The summed E-state index contributed by atoms with van der Waals surface area (Å²) in [7, 11) is 1.72. The number of hydrogen-bond donors (Lipinski definition) is 0. The first-order valence-electron chi connectivity index (χ1n) is 7.61. The molecule has 3 aromatic rings. The van der Waals surface area contributed by atoms with Crippen molar-refractivity contribution < 1.29 is 9.47 Å². The molecule has 0 aromatic heterocycles. The summed E-state index contributed by atoms with van der Waals surface area (Å²) in [5, 5.41) is 2.56. The van der Waals surface area contributed by atoms with E-state index in [1.165, 1.54) is 16.3 Å². The molecule has 3 aromatic carbocycles. The molecule has 1 aliphatic heterocycles. The average Bonchev–Trinajstić information content (AvgIpc) is 2.61. The summed E-state index contributed by atoms with van der Waals surface area (Å²) in [4.78, 5) is 0. The van der Waals surface area contributed by atoms with Crippen LogP contribution in [0.15, 0.2) is 66.7 Å². The Labute approximate surface area is 130 Å². The van der Waals surface area contributed by atoms with Gasteiger partial charge in [-0.05, 0) is 22.8 Å². The van der Waals surface area contributed by atoms with Crippen molar-refractivity contribution in [2.75, 3.05) is 13.7 Å². The Morgan fingerprint density at radius 2 is 1.68 bits per heavy atom. The van der Waals surface area contributed by atoms with E-state index >= 15 is 0 Å². The van der Waals surface area contributed by atoms with Crippen LogP contribution in [0, 0.1) is 0 Å². The third-order valence-electron chi connectivity index (χ3n) is 4.49. The molecule has 0 amide bonds. The molecule has 0 N–H and O–H groups in total. The molecule has 0 saturated heterocycles. The zero-order valence-electron chi connectivity index (χ0n) is 12.6. The van der Waals surface area contributed by atoms with Gasteiger partial charge < -0.3 is 9.47 Å². The molecule has 0 saturated carbocycles.